The zero-order valence-electron chi connectivity index (χ0n) is 16.7. The predicted octanol–water partition coefficient (Wildman–Crippen LogP) is 4.21. The van der Waals surface area contributed by atoms with E-state index in [1.54, 1.807) is 6.92 Å². The Morgan fingerprint density at radius 3 is 2.52 bits per heavy atom. The van der Waals surface area contributed by atoms with Gasteiger partial charge in [0.25, 0.3) is 0 Å². The first-order valence-electron chi connectivity index (χ1n) is 9.67. The van der Waals surface area contributed by atoms with Gasteiger partial charge in [-0.2, -0.15) is 13.2 Å². The molecule has 11 heteroatoms. The highest BCUT2D eigenvalue weighted by atomic mass is 19.4. The molecule has 0 fully saturated rings. The van der Waals surface area contributed by atoms with Crippen molar-refractivity contribution in [3.63, 3.8) is 0 Å². The Kier molecular flexibility index (Phi) is 6.51. The van der Waals surface area contributed by atoms with Gasteiger partial charge in [-0.1, -0.05) is 11.2 Å². The molecule has 168 valence electrons. The Hall–Kier alpha value is -3.11. The number of alkyl halides is 3. The molecule has 0 aliphatic heterocycles. The van der Waals surface area contributed by atoms with Gasteiger partial charge >= 0.3 is 18.1 Å². The Bertz CT molecular complexity index is 978. The van der Waals surface area contributed by atoms with Crippen LogP contribution in [0.4, 0.5) is 28.0 Å². The van der Waals surface area contributed by atoms with Gasteiger partial charge in [-0.05, 0) is 50.0 Å². The van der Waals surface area contributed by atoms with Gasteiger partial charge in [0, 0.05) is 30.4 Å². The fourth-order valence-electron chi connectivity index (χ4n) is 3.55. The zero-order valence-corrected chi connectivity index (χ0v) is 16.7. The first kappa shape index (κ1) is 22.6. The lowest BCUT2D eigenvalue weighted by molar-refractivity contribution is -0.157. The van der Waals surface area contributed by atoms with E-state index in [2.05, 4.69) is 10.2 Å². The summed E-state index contributed by atoms with van der Waals surface area (Å²) in [5.41, 5.74) is 12.9. The van der Waals surface area contributed by atoms with E-state index in [0.717, 1.165) is 18.6 Å². The van der Waals surface area contributed by atoms with Gasteiger partial charge in [0.15, 0.2) is 0 Å². The lowest BCUT2D eigenvalue weighted by Gasteiger charge is -2.29. The fraction of sp³-hybridized carbons (Fsp3) is 0.400. The highest BCUT2D eigenvalue weighted by molar-refractivity contribution is 5.66. The molecule has 1 aliphatic carbocycles. The van der Waals surface area contributed by atoms with Crippen LogP contribution in [0.3, 0.4) is 0 Å². The number of rotatable bonds is 6. The van der Waals surface area contributed by atoms with Gasteiger partial charge in [-0.25, -0.2) is 8.78 Å². The number of hydrogen-bond donors (Lipinski definition) is 2. The molecule has 2 aromatic rings. The maximum absolute atomic E-state index is 14.0. The molecule has 1 aromatic heterocycles. The number of nitrogens with zero attached hydrogens (tertiary/aromatic N) is 3. The molecule has 1 unspecified atom stereocenters. The fourth-order valence-corrected chi connectivity index (χ4v) is 3.55. The minimum Gasteiger partial charge on any atom is -0.402 e. The van der Waals surface area contributed by atoms with Gasteiger partial charge in [0.1, 0.15) is 11.6 Å². The van der Waals surface area contributed by atoms with Crippen LogP contribution < -0.4 is 16.4 Å². The summed E-state index contributed by atoms with van der Waals surface area (Å²) < 4.78 is 71.0. The molecule has 0 saturated carbocycles. The van der Waals surface area contributed by atoms with Crippen LogP contribution in [0.1, 0.15) is 37.6 Å². The van der Waals surface area contributed by atoms with Crippen molar-refractivity contribution < 1.29 is 26.4 Å². The van der Waals surface area contributed by atoms with Crippen LogP contribution in [0.2, 0.25) is 0 Å². The Morgan fingerprint density at radius 1 is 1.26 bits per heavy atom. The molecule has 0 amide bonds. The van der Waals surface area contributed by atoms with Crippen molar-refractivity contribution in [2.24, 2.45) is 17.4 Å². The Morgan fingerprint density at radius 2 is 1.94 bits per heavy atom. The van der Waals surface area contributed by atoms with Crippen molar-refractivity contribution in [2.45, 2.75) is 32.4 Å². The van der Waals surface area contributed by atoms with Crippen molar-refractivity contribution in [1.29, 1.82) is 0 Å². The summed E-state index contributed by atoms with van der Waals surface area (Å²) in [6, 6.07) is 3.21. The van der Waals surface area contributed by atoms with Crippen LogP contribution in [0.25, 0.3) is 5.70 Å². The quantitative estimate of drug-likeness (QED) is 0.650. The number of allylic oxidation sites excluding steroid dienone is 2. The van der Waals surface area contributed by atoms with Crippen molar-refractivity contribution in [2.75, 3.05) is 18.0 Å². The normalized spacial score (nSPS) is 17.9. The van der Waals surface area contributed by atoms with Crippen LogP contribution in [-0.2, 0) is 6.18 Å². The van der Waals surface area contributed by atoms with Crippen LogP contribution in [0, 0.1) is 17.6 Å². The summed E-state index contributed by atoms with van der Waals surface area (Å²) >= 11 is 0. The number of hydrogen-bond acceptors (Lipinski definition) is 6. The lowest BCUT2D eigenvalue weighted by Crippen LogP contribution is -2.34. The first-order chi connectivity index (χ1) is 14.6. The molecule has 0 bridgehead atoms. The molecule has 0 saturated heterocycles. The second-order valence-corrected chi connectivity index (χ2v) is 7.19. The van der Waals surface area contributed by atoms with Crippen LogP contribution >= 0.6 is 0 Å². The molecule has 1 aromatic carbocycles. The van der Waals surface area contributed by atoms with Crippen molar-refractivity contribution in [3.05, 3.63) is 58.6 Å². The summed E-state index contributed by atoms with van der Waals surface area (Å²) in [6.07, 6.45) is -1.32. The maximum atomic E-state index is 14.0. The van der Waals surface area contributed by atoms with E-state index in [0.29, 0.717) is 30.7 Å². The van der Waals surface area contributed by atoms with E-state index in [4.69, 9.17) is 15.9 Å². The minimum atomic E-state index is -4.73. The first-order valence-corrected chi connectivity index (χ1v) is 9.67. The highest BCUT2D eigenvalue weighted by Crippen LogP contribution is 2.33. The summed E-state index contributed by atoms with van der Waals surface area (Å²) in [6.45, 7) is 2.30. The Labute approximate surface area is 175 Å². The van der Waals surface area contributed by atoms with Gasteiger partial charge in [0.05, 0.1) is 5.56 Å². The molecule has 31 heavy (non-hydrogen) atoms. The van der Waals surface area contributed by atoms with E-state index >= 15 is 0 Å². The van der Waals surface area contributed by atoms with E-state index < -0.39 is 23.7 Å². The molecule has 1 atom stereocenters. The van der Waals surface area contributed by atoms with Crippen LogP contribution in [0.5, 0.6) is 0 Å². The summed E-state index contributed by atoms with van der Waals surface area (Å²) in [4.78, 5) is 1.51. The molecule has 4 N–H and O–H groups in total. The minimum absolute atomic E-state index is 0.0896. The molecule has 3 rings (SSSR count). The second-order valence-electron chi connectivity index (χ2n) is 7.19. The molecular formula is C20H22F5N5O. The number of nitrogens with two attached hydrogens (primary N) is 2. The highest BCUT2D eigenvalue weighted by Gasteiger charge is 2.39. The molecular weight excluding hydrogens is 421 g/mol. The monoisotopic (exact) mass is 443 g/mol. The summed E-state index contributed by atoms with van der Waals surface area (Å²) in [5, 5.41) is 6.54. The van der Waals surface area contributed by atoms with Gasteiger partial charge in [0.2, 0.25) is 0 Å². The number of anilines is 1. The van der Waals surface area contributed by atoms with Gasteiger partial charge < -0.3 is 20.8 Å². The third-order valence-corrected chi connectivity index (χ3v) is 5.14. The third kappa shape index (κ3) is 4.97. The Balaban J connectivity index is 1.84. The standard InChI is InChI=1S/C20H22F5N5O/c1-2-30(19-29-28-18(31-19)20(23,24)25)10-12-6-3-5-11(17(12)27)9-15(26)16-13(21)7-4-8-14(16)22/h4,7-9,12H,2-3,5-6,10,26-27H2,1H3/b15-9-. The van der Waals surface area contributed by atoms with Crippen LogP contribution in [-0.4, -0.2) is 23.3 Å². The van der Waals surface area contributed by atoms with Crippen LogP contribution in [0.15, 0.2) is 40.0 Å². The zero-order chi connectivity index (χ0) is 22.8. The number of aromatic nitrogens is 2. The average molecular weight is 443 g/mol. The number of halogens is 5. The molecule has 1 aliphatic rings. The molecule has 0 radical (unpaired) electrons. The lowest BCUT2D eigenvalue weighted by atomic mass is 9.86. The molecule has 1 heterocycles. The number of benzene rings is 1. The second kappa shape index (κ2) is 8.94. The van der Waals surface area contributed by atoms with E-state index in [9.17, 15) is 22.0 Å². The maximum Gasteiger partial charge on any atom is 0.470 e. The largest absolute Gasteiger partial charge is 0.470 e. The molecule has 0 spiro atoms. The SMILES string of the molecule is CCN(CC1CCCC(/C=C(\N)c2c(F)cccc2F)=C1N)c1nnc(C(F)(F)F)o1. The van der Waals surface area contributed by atoms with E-state index in [1.807, 2.05) is 0 Å². The molecule has 6 nitrogen and oxygen atoms in total. The van der Waals surface area contributed by atoms with E-state index in [1.165, 1.54) is 17.0 Å². The van der Waals surface area contributed by atoms with Gasteiger partial charge in [-0.3, -0.25) is 0 Å². The predicted molar refractivity (Wildman–Crippen MR) is 104 cm³/mol. The smallest absolute Gasteiger partial charge is 0.402 e. The van der Waals surface area contributed by atoms with E-state index in [-0.39, 0.29) is 29.7 Å². The summed E-state index contributed by atoms with van der Waals surface area (Å²) in [5.74, 6) is -3.22. The van der Waals surface area contributed by atoms with Crippen molar-refractivity contribution >= 4 is 11.7 Å². The van der Waals surface area contributed by atoms with Gasteiger partial charge in [-0.15, -0.1) is 5.10 Å². The third-order valence-electron chi connectivity index (χ3n) is 5.14. The van der Waals surface area contributed by atoms with Crippen molar-refractivity contribution in [1.82, 2.24) is 10.2 Å². The topological polar surface area (TPSA) is 94.2 Å². The summed E-state index contributed by atoms with van der Waals surface area (Å²) in [7, 11) is 0. The van der Waals surface area contributed by atoms with Crippen molar-refractivity contribution in [3.8, 4) is 0 Å². The average Bonchev–Trinajstić information content (AvgIpc) is 3.19.